The van der Waals surface area contributed by atoms with Gasteiger partial charge in [-0.25, -0.2) is 9.13 Å². The van der Waals surface area contributed by atoms with E-state index in [4.69, 9.17) is 37.0 Å². The topological polar surface area (TPSA) is 237 Å². The standard InChI is InChI=1S/C77H150O17P2/c1-67(2)53-45-37-29-23-19-15-11-9-13-17-21-25-33-41-49-57-74(79)87-63-72(93-76(81)59-51-43-34-26-22-18-14-10-12-16-20-24-30-38-46-54-68(3)4)65-91-95(83,84)89-61-71(78)62-90-96(85,86)92-66-73(94-77(82)60-52-44-36-28-32-40-48-56-70(7)8)64-88-75(80)58-50-42-35-27-31-39-47-55-69(5)6/h67-73,78H,9-66H2,1-8H3,(H,83,84)(H,85,86)/t71?,72-,73-/m1/s1. The van der Waals surface area contributed by atoms with Crippen molar-refractivity contribution in [2.75, 3.05) is 39.6 Å². The number of phosphoric ester groups is 2. The van der Waals surface area contributed by atoms with Crippen LogP contribution in [0.1, 0.15) is 389 Å². The fourth-order valence-corrected chi connectivity index (χ4v) is 13.3. The SMILES string of the molecule is CC(C)CCCCCCCCCCCCCCCCCC(=O)OC[C@H](COP(=O)(O)OCC(O)COP(=O)(O)OC[C@@H](COC(=O)CCCCCCCCCC(C)C)OC(=O)CCCCCCCCCC(C)C)OC(=O)CCCCCCCCCCCCCCCCCC(C)C. The minimum Gasteiger partial charge on any atom is -0.462 e. The largest absolute Gasteiger partial charge is 0.472 e. The molecule has 0 aromatic rings. The van der Waals surface area contributed by atoms with Crippen molar-refractivity contribution < 1.29 is 80.2 Å². The van der Waals surface area contributed by atoms with Gasteiger partial charge in [0.15, 0.2) is 12.2 Å². The third-order valence-corrected chi connectivity index (χ3v) is 19.7. The van der Waals surface area contributed by atoms with Crippen LogP contribution >= 0.6 is 15.6 Å². The third kappa shape index (κ3) is 70.5. The molecule has 0 heterocycles. The van der Waals surface area contributed by atoms with Crippen molar-refractivity contribution in [3.63, 3.8) is 0 Å². The van der Waals surface area contributed by atoms with Crippen molar-refractivity contribution in [3.05, 3.63) is 0 Å². The van der Waals surface area contributed by atoms with E-state index in [9.17, 15) is 43.2 Å². The smallest absolute Gasteiger partial charge is 0.462 e. The minimum atomic E-state index is -4.96. The minimum absolute atomic E-state index is 0.102. The summed E-state index contributed by atoms with van der Waals surface area (Å²) in [5.41, 5.74) is 0. The number of phosphoric acid groups is 2. The van der Waals surface area contributed by atoms with Gasteiger partial charge in [-0.15, -0.1) is 0 Å². The van der Waals surface area contributed by atoms with E-state index in [0.29, 0.717) is 37.5 Å². The summed E-state index contributed by atoms with van der Waals surface area (Å²) in [6, 6.07) is 0. The summed E-state index contributed by atoms with van der Waals surface area (Å²) >= 11 is 0. The van der Waals surface area contributed by atoms with Gasteiger partial charge < -0.3 is 33.8 Å². The molecule has 3 unspecified atom stereocenters. The van der Waals surface area contributed by atoms with Gasteiger partial charge in [-0.2, -0.15) is 0 Å². The Morgan fingerprint density at radius 2 is 0.438 bits per heavy atom. The van der Waals surface area contributed by atoms with Crippen LogP contribution in [0.15, 0.2) is 0 Å². The summed E-state index contributed by atoms with van der Waals surface area (Å²) in [7, 11) is -9.91. The Labute approximate surface area is 588 Å². The molecule has 0 fully saturated rings. The first kappa shape index (κ1) is 94.1. The van der Waals surface area contributed by atoms with Gasteiger partial charge in [0.05, 0.1) is 26.4 Å². The van der Waals surface area contributed by atoms with Crippen LogP contribution < -0.4 is 0 Å². The second kappa shape index (κ2) is 66.3. The number of hydrogen-bond donors (Lipinski definition) is 3. The summed E-state index contributed by atoms with van der Waals surface area (Å²) in [5.74, 6) is 0.887. The first-order chi connectivity index (χ1) is 46.1. The zero-order valence-corrected chi connectivity index (χ0v) is 64.8. The maximum Gasteiger partial charge on any atom is 0.472 e. The second-order valence-electron chi connectivity index (χ2n) is 29.7. The fraction of sp³-hybridized carbons (Fsp3) is 0.948. The number of aliphatic hydroxyl groups is 1. The van der Waals surface area contributed by atoms with Gasteiger partial charge in [0, 0.05) is 25.7 Å². The Morgan fingerprint density at radius 1 is 0.260 bits per heavy atom. The van der Waals surface area contributed by atoms with Gasteiger partial charge in [-0.3, -0.25) is 37.3 Å². The molecule has 0 bridgehead atoms. The normalized spacial score (nSPS) is 14.1. The summed E-state index contributed by atoms with van der Waals surface area (Å²) in [6.45, 7) is 14.1. The number of esters is 4. The molecule has 0 amide bonds. The van der Waals surface area contributed by atoms with E-state index in [2.05, 4.69) is 55.4 Å². The number of carbonyl (C=O) groups is 4. The van der Waals surface area contributed by atoms with E-state index in [1.165, 1.54) is 186 Å². The van der Waals surface area contributed by atoms with Gasteiger partial charge in [-0.1, -0.05) is 338 Å². The zero-order valence-electron chi connectivity index (χ0n) is 63.0. The monoisotopic (exact) mass is 1410 g/mol. The lowest BCUT2D eigenvalue weighted by molar-refractivity contribution is -0.161. The van der Waals surface area contributed by atoms with Crippen molar-refractivity contribution in [1.29, 1.82) is 0 Å². The van der Waals surface area contributed by atoms with Crippen LogP contribution in [0.3, 0.4) is 0 Å². The Bertz CT molecular complexity index is 1880. The molecule has 570 valence electrons. The van der Waals surface area contributed by atoms with E-state index >= 15 is 0 Å². The first-order valence-electron chi connectivity index (χ1n) is 39.7. The molecule has 0 aliphatic rings. The molecular formula is C77H150O17P2. The number of rotatable bonds is 74. The van der Waals surface area contributed by atoms with Crippen LogP contribution in [0.25, 0.3) is 0 Å². The maximum absolute atomic E-state index is 13.1. The molecule has 0 aromatic carbocycles. The molecule has 0 saturated heterocycles. The molecule has 17 nitrogen and oxygen atoms in total. The van der Waals surface area contributed by atoms with Crippen LogP contribution in [-0.2, 0) is 65.4 Å². The van der Waals surface area contributed by atoms with Crippen LogP contribution in [0, 0.1) is 23.7 Å². The van der Waals surface area contributed by atoms with E-state index < -0.39 is 97.5 Å². The van der Waals surface area contributed by atoms with Crippen LogP contribution in [0.4, 0.5) is 0 Å². The fourth-order valence-electron chi connectivity index (χ4n) is 11.7. The highest BCUT2D eigenvalue weighted by Crippen LogP contribution is 2.45. The lowest BCUT2D eigenvalue weighted by Crippen LogP contribution is -2.30. The molecule has 0 saturated carbocycles. The van der Waals surface area contributed by atoms with Crippen molar-refractivity contribution in [2.24, 2.45) is 23.7 Å². The van der Waals surface area contributed by atoms with Crippen molar-refractivity contribution in [3.8, 4) is 0 Å². The molecule has 0 radical (unpaired) electrons. The summed E-state index contributed by atoms with van der Waals surface area (Å²) < 4.78 is 68.5. The van der Waals surface area contributed by atoms with E-state index in [1.807, 2.05) is 0 Å². The molecule has 96 heavy (non-hydrogen) atoms. The van der Waals surface area contributed by atoms with E-state index in [1.54, 1.807) is 0 Å². The zero-order chi connectivity index (χ0) is 71.0. The third-order valence-electron chi connectivity index (χ3n) is 17.8. The van der Waals surface area contributed by atoms with Crippen molar-refractivity contribution in [1.82, 2.24) is 0 Å². The lowest BCUT2D eigenvalue weighted by atomic mass is 10.0. The van der Waals surface area contributed by atoms with Gasteiger partial charge in [0.1, 0.15) is 19.3 Å². The number of unbranched alkanes of at least 4 members (excludes halogenated alkanes) is 40. The molecule has 19 heteroatoms. The van der Waals surface area contributed by atoms with Crippen LogP contribution in [0.5, 0.6) is 0 Å². The summed E-state index contributed by atoms with van der Waals surface area (Å²) in [6.07, 6.45) is 51.6. The highest BCUT2D eigenvalue weighted by atomic mass is 31.2. The summed E-state index contributed by atoms with van der Waals surface area (Å²) in [5, 5.41) is 10.6. The second-order valence-corrected chi connectivity index (χ2v) is 32.6. The Balaban J connectivity index is 5.22. The average Bonchev–Trinajstić information content (AvgIpc) is 1.68. The predicted molar refractivity (Wildman–Crippen MR) is 391 cm³/mol. The number of carbonyl (C=O) groups excluding carboxylic acids is 4. The number of ether oxygens (including phenoxy) is 4. The van der Waals surface area contributed by atoms with Gasteiger partial charge >= 0.3 is 39.5 Å². The quantitative estimate of drug-likeness (QED) is 0.0222. The van der Waals surface area contributed by atoms with Gasteiger partial charge in [0.2, 0.25) is 0 Å². The maximum atomic E-state index is 13.1. The highest BCUT2D eigenvalue weighted by Gasteiger charge is 2.30. The Kier molecular flexibility index (Phi) is 65.0. The van der Waals surface area contributed by atoms with Crippen molar-refractivity contribution in [2.45, 2.75) is 408 Å². The molecule has 3 N–H and O–H groups in total. The first-order valence-corrected chi connectivity index (χ1v) is 42.7. The molecule has 0 aliphatic carbocycles. The Hall–Kier alpha value is -1.94. The van der Waals surface area contributed by atoms with E-state index in [-0.39, 0.29) is 25.7 Å². The molecule has 0 aromatic heterocycles. The average molecular weight is 1410 g/mol. The molecule has 0 aliphatic heterocycles. The summed E-state index contributed by atoms with van der Waals surface area (Å²) in [4.78, 5) is 72.8. The predicted octanol–water partition coefficient (Wildman–Crippen LogP) is 22.4. The molecule has 0 rings (SSSR count). The lowest BCUT2D eigenvalue weighted by Gasteiger charge is -2.21. The highest BCUT2D eigenvalue weighted by molar-refractivity contribution is 7.47. The van der Waals surface area contributed by atoms with Gasteiger partial charge in [0.25, 0.3) is 0 Å². The molecule has 0 spiro atoms. The number of aliphatic hydroxyl groups excluding tert-OH is 1. The van der Waals surface area contributed by atoms with Crippen LogP contribution in [-0.4, -0.2) is 96.7 Å². The van der Waals surface area contributed by atoms with E-state index in [0.717, 1.165) is 108 Å². The molecular weight excluding hydrogens is 1260 g/mol. The Morgan fingerprint density at radius 3 is 0.646 bits per heavy atom. The van der Waals surface area contributed by atoms with Gasteiger partial charge in [-0.05, 0) is 49.4 Å². The number of hydrogen-bond acceptors (Lipinski definition) is 15. The molecule has 5 atom stereocenters. The van der Waals surface area contributed by atoms with Crippen LogP contribution in [0.2, 0.25) is 0 Å². The van der Waals surface area contributed by atoms with Crippen molar-refractivity contribution >= 4 is 39.5 Å².